The number of sulfonamides is 2. The summed E-state index contributed by atoms with van der Waals surface area (Å²) in [6.45, 7) is 1.50. The van der Waals surface area contributed by atoms with Gasteiger partial charge in [-0.15, -0.1) is 0 Å². The van der Waals surface area contributed by atoms with Crippen molar-refractivity contribution in [2.45, 2.75) is 22.6 Å². The van der Waals surface area contributed by atoms with E-state index in [0.29, 0.717) is 5.69 Å². The fraction of sp³-hybridized carbons (Fsp3) is 0.250. The minimum Gasteiger partial charge on any atom is -0.506 e. The van der Waals surface area contributed by atoms with Crippen molar-refractivity contribution in [3.8, 4) is 5.75 Å². The SMILES string of the molecule is NS(=O)(=O)c1cccc(NS(=O)(=O)c2ccc(O)c(N3CCCC3)c2)c1. The van der Waals surface area contributed by atoms with E-state index in [1.807, 2.05) is 4.90 Å². The zero-order chi connectivity index (χ0) is 18.9. The molecule has 0 amide bonds. The smallest absolute Gasteiger partial charge is 0.261 e. The molecule has 0 bridgehead atoms. The van der Waals surface area contributed by atoms with Gasteiger partial charge >= 0.3 is 0 Å². The fourth-order valence-corrected chi connectivity index (χ4v) is 4.46. The molecule has 0 unspecified atom stereocenters. The average molecular weight is 397 g/mol. The van der Waals surface area contributed by atoms with Crippen LogP contribution in [0.25, 0.3) is 0 Å². The first kappa shape index (κ1) is 18.5. The molecule has 0 aliphatic carbocycles. The summed E-state index contributed by atoms with van der Waals surface area (Å²) < 4.78 is 50.5. The molecule has 2 aromatic carbocycles. The highest BCUT2D eigenvalue weighted by atomic mass is 32.2. The van der Waals surface area contributed by atoms with Crippen LogP contribution in [0.5, 0.6) is 5.75 Å². The van der Waals surface area contributed by atoms with Gasteiger partial charge in [0.1, 0.15) is 5.75 Å². The number of nitrogens with zero attached hydrogens (tertiary/aromatic N) is 1. The zero-order valence-electron chi connectivity index (χ0n) is 13.8. The van der Waals surface area contributed by atoms with Crippen LogP contribution in [0.4, 0.5) is 11.4 Å². The summed E-state index contributed by atoms with van der Waals surface area (Å²) in [6, 6.07) is 9.28. The van der Waals surface area contributed by atoms with Crippen LogP contribution in [0.3, 0.4) is 0 Å². The molecule has 1 aliphatic rings. The number of phenols is 1. The van der Waals surface area contributed by atoms with Crippen LogP contribution < -0.4 is 14.8 Å². The van der Waals surface area contributed by atoms with E-state index in [2.05, 4.69) is 4.72 Å². The van der Waals surface area contributed by atoms with E-state index >= 15 is 0 Å². The number of anilines is 2. The van der Waals surface area contributed by atoms with Gasteiger partial charge in [-0.25, -0.2) is 22.0 Å². The first-order chi connectivity index (χ1) is 12.2. The predicted molar refractivity (Wildman–Crippen MR) is 98.2 cm³/mol. The van der Waals surface area contributed by atoms with Crippen molar-refractivity contribution < 1.29 is 21.9 Å². The molecule has 1 heterocycles. The van der Waals surface area contributed by atoms with Crippen molar-refractivity contribution in [1.29, 1.82) is 0 Å². The molecule has 2 aromatic rings. The largest absolute Gasteiger partial charge is 0.506 e. The monoisotopic (exact) mass is 397 g/mol. The van der Waals surface area contributed by atoms with E-state index in [9.17, 15) is 21.9 Å². The van der Waals surface area contributed by atoms with E-state index in [-0.39, 0.29) is 21.2 Å². The van der Waals surface area contributed by atoms with Crippen LogP contribution >= 0.6 is 0 Å². The number of benzene rings is 2. The second kappa shape index (κ2) is 6.78. The van der Waals surface area contributed by atoms with E-state index in [0.717, 1.165) is 32.0 Å². The van der Waals surface area contributed by atoms with Crippen molar-refractivity contribution in [3.05, 3.63) is 42.5 Å². The minimum atomic E-state index is -3.97. The summed E-state index contributed by atoms with van der Waals surface area (Å²) in [6.07, 6.45) is 1.96. The molecule has 1 saturated heterocycles. The van der Waals surface area contributed by atoms with Crippen LogP contribution in [-0.2, 0) is 20.0 Å². The van der Waals surface area contributed by atoms with Gasteiger partial charge in [0.05, 0.1) is 21.2 Å². The second-order valence-electron chi connectivity index (χ2n) is 6.02. The maximum Gasteiger partial charge on any atom is 0.261 e. The Morgan fingerprint density at radius 1 is 0.962 bits per heavy atom. The first-order valence-electron chi connectivity index (χ1n) is 7.90. The Hall–Kier alpha value is -2.30. The van der Waals surface area contributed by atoms with Gasteiger partial charge in [0.15, 0.2) is 0 Å². The van der Waals surface area contributed by atoms with Gasteiger partial charge in [0.25, 0.3) is 10.0 Å². The Kier molecular flexibility index (Phi) is 4.82. The lowest BCUT2D eigenvalue weighted by Gasteiger charge is -2.20. The molecule has 26 heavy (non-hydrogen) atoms. The summed E-state index contributed by atoms with van der Waals surface area (Å²) in [5.41, 5.74) is 0.538. The maximum absolute atomic E-state index is 12.6. The molecule has 0 aromatic heterocycles. The third-order valence-corrected chi connectivity index (χ3v) is 6.41. The van der Waals surface area contributed by atoms with Gasteiger partial charge in [0.2, 0.25) is 10.0 Å². The molecular weight excluding hydrogens is 378 g/mol. The van der Waals surface area contributed by atoms with Crippen molar-refractivity contribution in [2.75, 3.05) is 22.7 Å². The Morgan fingerprint density at radius 2 is 1.65 bits per heavy atom. The third-order valence-electron chi connectivity index (χ3n) is 4.12. The van der Waals surface area contributed by atoms with E-state index in [1.165, 1.54) is 36.4 Å². The van der Waals surface area contributed by atoms with E-state index < -0.39 is 20.0 Å². The standard InChI is InChI=1S/C16H19N3O5S2/c17-25(21,22)13-5-3-4-12(10-13)18-26(23,24)14-6-7-16(20)15(11-14)19-8-1-2-9-19/h3-7,10-11,18,20H,1-2,8-9H2,(H2,17,21,22). The average Bonchev–Trinajstić information content (AvgIpc) is 3.08. The number of hydrogen-bond acceptors (Lipinski definition) is 6. The summed E-state index contributed by atoms with van der Waals surface area (Å²) in [7, 11) is -7.91. The minimum absolute atomic E-state index is 0.0158. The topological polar surface area (TPSA) is 130 Å². The number of nitrogens with two attached hydrogens (primary N) is 1. The molecule has 0 radical (unpaired) electrons. The normalized spacial score (nSPS) is 15.2. The van der Waals surface area contributed by atoms with Crippen molar-refractivity contribution in [3.63, 3.8) is 0 Å². The summed E-state index contributed by atoms with van der Waals surface area (Å²) in [5.74, 6) is 0.0158. The molecule has 10 heteroatoms. The lowest BCUT2D eigenvalue weighted by atomic mass is 10.2. The van der Waals surface area contributed by atoms with Crippen LogP contribution in [0, 0.1) is 0 Å². The van der Waals surface area contributed by atoms with Gasteiger partial charge in [-0.05, 0) is 49.2 Å². The quantitative estimate of drug-likeness (QED) is 0.700. The molecule has 3 rings (SSSR count). The highest BCUT2D eigenvalue weighted by Gasteiger charge is 2.21. The Morgan fingerprint density at radius 3 is 2.31 bits per heavy atom. The van der Waals surface area contributed by atoms with Gasteiger partial charge in [-0.1, -0.05) is 6.07 Å². The molecule has 4 N–H and O–H groups in total. The van der Waals surface area contributed by atoms with Gasteiger partial charge < -0.3 is 10.0 Å². The summed E-state index contributed by atoms with van der Waals surface area (Å²) >= 11 is 0. The molecule has 1 aliphatic heterocycles. The molecule has 8 nitrogen and oxygen atoms in total. The van der Waals surface area contributed by atoms with Crippen LogP contribution in [0.1, 0.15) is 12.8 Å². The molecule has 1 fully saturated rings. The number of nitrogens with one attached hydrogen (secondary N) is 1. The fourth-order valence-electron chi connectivity index (χ4n) is 2.83. The van der Waals surface area contributed by atoms with E-state index in [1.54, 1.807) is 0 Å². The first-order valence-corrected chi connectivity index (χ1v) is 10.9. The molecule has 0 atom stereocenters. The van der Waals surface area contributed by atoms with E-state index in [4.69, 9.17) is 5.14 Å². The number of phenolic OH excluding ortho intramolecular Hbond substituents is 1. The second-order valence-corrected chi connectivity index (χ2v) is 9.27. The maximum atomic E-state index is 12.6. The summed E-state index contributed by atoms with van der Waals surface area (Å²) in [4.78, 5) is 1.70. The molecular formula is C16H19N3O5S2. The highest BCUT2D eigenvalue weighted by molar-refractivity contribution is 7.92. The Balaban J connectivity index is 1.93. The van der Waals surface area contributed by atoms with Crippen molar-refractivity contribution in [1.82, 2.24) is 0 Å². The van der Waals surface area contributed by atoms with Gasteiger partial charge in [-0.3, -0.25) is 4.72 Å². The molecule has 0 spiro atoms. The third kappa shape index (κ3) is 3.92. The summed E-state index contributed by atoms with van der Waals surface area (Å²) in [5, 5.41) is 15.1. The van der Waals surface area contributed by atoms with Crippen molar-refractivity contribution >= 4 is 31.4 Å². The number of hydrogen-bond donors (Lipinski definition) is 3. The van der Waals surface area contributed by atoms with Crippen molar-refractivity contribution in [2.24, 2.45) is 5.14 Å². The van der Waals surface area contributed by atoms with Crippen LogP contribution in [0.2, 0.25) is 0 Å². The highest BCUT2D eigenvalue weighted by Crippen LogP contribution is 2.32. The van der Waals surface area contributed by atoms with Crippen LogP contribution in [-0.4, -0.2) is 35.0 Å². The van der Waals surface area contributed by atoms with Gasteiger partial charge in [0, 0.05) is 13.1 Å². The Bertz CT molecular complexity index is 1030. The Labute approximate surface area is 152 Å². The number of aromatic hydroxyl groups is 1. The molecule has 140 valence electrons. The predicted octanol–water partition coefficient (Wildman–Crippen LogP) is 1.44. The molecule has 0 saturated carbocycles. The lowest BCUT2D eigenvalue weighted by Crippen LogP contribution is -2.19. The number of primary sulfonamides is 1. The zero-order valence-corrected chi connectivity index (χ0v) is 15.4. The lowest BCUT2D eigenvalue weighted by molar-refractivity contribution is 0.474. The van der Waals surface area contributed by atoms with Gasteiger partial charge in [-0.2, -0.15) is 0 Å². The van der Waals surface area contributed by atoms with Crippen LogP contribution in [0.15, 0.2) is 52.3 Å². The number of rotatable bonds is 5.